The number of para-hydroxylation sites is 1. The van der Waals surface area contributed by atoms with Gasteiger partial charge in [-0.05, 0) is 62.8 Å². The topological polar surface area (TPSA) is 61.9 Å². The van der Waals surface area contributed by atoms with Gasteiger partial charge in [0.2, 0.25) is 0 Å². The van der Waals surface area contributed by atoms with E-state index in [0.717, 1.165) is 51.1 Å². The van der Waals surface area contributed by atoms with Gasteiger partial charge >= 0.3 is 0 Å². The van der Waals surface area contributed by atoms with Crippen molar-refractivity contribution in [1.29, 1.82) is 0 Å². The molecule has 0 aliphatic carbocycles. The molecule has 0 aromatic heterocycles. The van der Waals surface area contributed by atoms with E-state index in [-0.39, 0.29) is 11.8 Å². The van der Waals surface area contributed by atoms with Crippen molar-refractivity contribution in [3.8, 4) is 5.75 Å². The third-order valence-corrected chi connectivity index (χ3v) is 5.55. The molecular formula is C25H33N3O3. The predicted octanol–water partition coefficient (Wildman–Crippen LogP) is 4.29. The number of amides is 2. The lowest BCUT2D eigenvalue weighted by atomic mass is 10.1. The molecule has 0 spiro atoms. The Hall–Kier alpha value is -2.86. The highest BCUT2D eigenvalue weighted by Gasteiger charge is 2.22. The second-order valence-corrected chi connectivity index (χ2v) is 8.03. The van der Waals surface area contributed by atoms with Gasteiger partial charge in [0.15, 0.2) is 0 Å². The van der Waals surface area contributed by atoms with Crippen molar-refractivity contribution in [1.82, 2.24) is 9.80 Å². The van der Waals surface area contributed by atoms with E-state index in [1.807, 2.05) is 29.2 Å². The van der Waals surface area contributed by atoms with Crippen molar-refractivity contribution in [2.24, 2.45) is 0 Å². The number of carbonyl (C=O) groups excluding carboxylic acids is 2. The third-order valence-electron chi connectivity index (χ3n) is 5.55. The monoisotopic (exact) mass is 423 g/mol. The molecule has 1 aliphatic rings. The number of hydrogen-bond donors (Lipinski definition) is 1. The number of benzene rings is 2. The van der Waals surface area contributed by atoms with Crippen LogP contribution in [0.4, 0.5) is 5.69 Å². The molecule has 1 N–H and O–H groups in total. The number of nitrogens with zero attached hydrogens (tertiary/aromatic N) is 2. The van der Waals surface area contributed by atoms with Gasteiger partial charge in [0.1, 0.15) is 5.75 Å². The maximum Gasteiger partial charge on any atom is 0.256 e. The fourth-order valence-corrected chi connectivity index (χ4v) is 3.64. The molecular weight excluding hydrogens is 390 g/mol. The highest BCUT2D eigenvalue weighted by atomic mass is 16.5. The molecule has 1 saturated heterocycles. The summed E-state index contributed by atoms with van der Waals surface area (Å²) in [6.07, 6.45) is 4.27. The quantitative estimate of drug-likeness (QED) is 0.644. The lowest BCUT2D eigenvalue weighted by Gasteiger charge is -2.22. The fourth-order valence-electron chi connectivity index (χ4n) is 3.64. The molecule has 2 aromatic rings. The van der Waals surface area contributed by atoms with Crippen LogP contribution in [0.5, 0.6) is 5.75 Å². The van der Waals surface area contributed by atoms with Gasteiger partial charge in [0.25, 0.3) is 11.8 Å². The van der Waals surface area contributed by atoms with Crippen molar-refractivity contribution in [3.63, 3.8) is 0 Å². The van der Waals surface area contributed by atoms with Crippen LogP contribution in [0.15, 0.2) is 48.5 Å². The van der Waals surface area contributed by atoms with Crippen LogP contribution in [0.3, 0.4) is 0 Å². The molecule has 1 aliphatic heterocycles. The predicted molar refractivity (Wildman–Crippen MR) is 124 cm³/mol. The number of rotatable bonds is 8. The van der Waals surface area contributed by atoms with Gasteiger partial charge in [-0.15, -0.1) is 0 Å². The van der Waals surface area contributed by atoms with Gasteiger partial charge in [-0.25, -0.2) is 0 Å². The maximum atomic E-state index is 13.1. The third kappa shape index (κ3) is 6.56. The molecule has 3 rings (SSSR count). The summed E-state index contributed by atoms with van der Waals surface area (Å²) in [4.78, 5) is 30.0. The second kappa shape index (κ2) is 11.5. The van der Waals surface area contributed by atoms with Crippen LogP contribution in [0.2, 0.25) is 0 Å². The zero-order valence-electron chi connectivity index (χ0n) is 18.6. The number of hydrogen-bond acceptors (Lipinski definition) is 4. The average Bonchev–Trinajstić information content (AvgIpc) is 3.01. The Balaban J connectivity index is 1.64. The van der Waals surface area contributed by atoms with Crippen LogP contribution in [-0.2, 0) is 0 Å². The van der Waals surface area contributed by atoms with Gasteiger partial charge in [0, 0.05) is 25.2 Å². The molecule has 6 nitrogen and oxygen atoms in total. The summed E-state index contributed by atoms with van der Waals surface area (Å²) in [6.45, 7) is 6.10. The first-order chi connectivity index (χ1) is 15.1. The molecule has 2 aromatic carbocycles. The number of anilines is 1. The first-order valence-corrected chi connectivity index (χ1v) is 11.2. The second-order valence-electron chi connectivity index (χ2n) is 8.03. The summed E-state index contributed by atoms with van der Waals surface area (Å²) in [5.74, 6) is 0.477. The summed E-state index contributed by atoms with van der Waals surface area (Å²) >= 11 is 0. The molecule has 0 atom stereocenters. The van der Waals surface area contributed by atoms with Gasteiger partial charge in [-0.1, -0.05) is 31.9 Å². The molecule has 0 saturated carbocycles. The molecule has 0 unspecified atom stereocenters. The highest BCUT2D eigenvalue weighted by molar-refractivity contribution is 6.09. The van der Waals surface area contributed by atoms with E-state index in [1.165, 1.54) is 0 Å². The minimum absolute atomic E-state index is 0.0398. The van der Waals surface area contributed by atoms with Crippen LogP contribution < -0.4 is 10.1 Å². The summed E-state index contributed by atoms with van der Waals surface area (Å²) < 4.78 is 5.71. The lowest BCUT2D eigenvalue weighted by molar-refractivity contribution is 0.0764. The molecule has 31 heavy (non-hydrogen) atoms. The average molecular weight is 424 g/mol. The van der Waals surface area contributed by atoms with E-state index in [0.29, 0.717) is 30.0 Å². The minimum Gasteiger partial charge on any atom is -0.494 e. The van der Waals surface area contributed by atoms with E-state index < -0.39 is 0 Å². The van der Waals surface area contributed by atoms with E-state index in [4.69, 9.17) is 4.74 Å². The minimum atomic E-state index is -0.242. The Morgan fingerprint density at radius 2 is 1.74 bits per heavy atom. The van der Waals surface area contributed by atoms with Crippen LogP contribution >= 0.6 is 0 Å². The van der Waals surface area contributed by atoms with Crippen molar-refractivity contribution < 1.29 is 14.3 Å². The molecule has 6 heteroatoms. The van der Waals surface area contributed by atoms with E-state index in [2.05, 4.69) is 24.2 Å². The summed E-state index contributed by atoms with van der Waals surface area (Å²) in [5, 5.41) is 2.91. The van der Waals surface area contributed by atoms with Crippen LogP contribution in [-0.4, -0.2) is 61.4 Å². The summed E-state index contributed by atoms with van der Waals surface area (Å²) in [6, 6.07) is 14.3. The Labute approximate surface area is 185 Å². The maximum absolute atomic E-state index is 13.1. The Bertz CT molecular complexity index is 867. The Morgan fingerprint density at radius 3 is 2.52 bits per heavy atom. The molecule has 0 radical (unpaired) electrons. The number of likely N-dealkylation sites (N-methyl/N-ethyl adjacent to an activating group) is 1. The van der Waals surface area contributed by atoms with Crippen molar-refractivity contribution in [2.75, 3.05) is 45.2 Å². The summed E-state index contributed by atoms with van der Waals surface area (Å²) in [7, 11) is 2.07. The molecule has 166 valence electrons. The highest BCUT2D eigenvalue weighted by Crippen LogP contribution is 2.20. The molecule has 0 bridgehead atoms. The molecule has 1 heterocycles. The van der Waals surface area contributed by atoms with E-state index in [9.17, 15) is 9.59 Å². The first kappa shape index (κ1) is 22.8. The Kier molecular flexibility index (Phi) is 8.47. The van der Waals surface area contributed by atoms with Gasteiger partial charge in [0.05, 0.1) is 17.9 Å². The van der Waals surface area contributed by atoms with Crippen molar-refractivity contribution in [3.05, 3.63) is 59.7 Å². The lowest BCUT2D eigenvalue weighted by Crippen LogP contribution is -2.35. The largest absolute Gasteiger partial charge is 0.494 e. The Morgan fingerprint density at radius 1 is 0.968 bits per heavy atom. The zero-order chi connectivity index (χ0) is 22.1. The first-order valence-electron chi connectivity index (χ1n) is 11.2. The standard InChI is InChI=1S/C25H33N3O3/c1-3-4-7-19-31-21-13-11-20(12-14-21)24(29)26-23-10-6-5-9-22(23)25(30)28-16-8-15-27(2)17-18-28/h5-6,9-14H,3-4,7-8,15-19H2,1-2H3,(H,26,29). The fraction of sp³-hybridized carbons (Fsp3) is 0.440. The van der Waals surface area contributed by atoms with Crippen molar-refractivity contribution >= 4 is 17.5 Å². The number of ether oxygens (including phenoxy) is 1. The van der Waals surface area contributed by atoms with Gasteiger partial charge in [-0.2, -0.15) is 0 Å². The van der Waals surface area contributed by atoms with Gasteiger partial charge in [-0.3, -0.25) is 9.59 Å². The molecule has 2 amide bonds. The summed E-state index contributed by atoms with van der Waals surface area (Å²) in [5.41, 5.74) is 1.59. The number of nitrogens with one attached hydrogen (secondary N) is 1. The smallest absolute Gasteiger partial charge is 0.256 e. The van der Waals surface area contributed by atoms with Crippen LogP contribution in [0, 0.1) is 0 Å². The van der Waals surface area contributed by atoms with Crippen LogP contribution in [0.25, 0.3) is 0 Å². The number of carbonyl (C=O) groups is 2. The normalized spacial score (nSPS) is 14.7. The SMILES string of the molecule is CCCCCOc1ccc(C(=O)Nc2ccccc2C(=O)N2CCCN(C)CC2)cc1. The molecule has 1 fully saturated rings. The van der Waals surface area contributed by atoms with Gasteiger partial charge < -0.3 is 19.9 Å². The number of unbranched alkanes of at least 4 members (excludes halogenated alkanes) is 2. The zero-order valence-corrected chi connectivity index (χ0v) is 18.6. The van der Waals surface area contributed by atoms with E-state index >= 15 is 0 Å². The van der Waals surface area contributed by atoms with E-state index in [1.54, 1.807) is 24.3 Å². The van der Waals surface area contributed by atoms with Crippen molar-refractivity contribution in [2.45, 2.75) is 32.6 Å². The van der Waals surface area contributed by atoms with Crippen LogP contribution in [0.1, 0.15) is 53.3 Å².